The van der Waals surface area contributed by atoms with Gasteiger partial charge in [-0.25, -0.2) is 14.7 Å². The van der Waals surface area contributed by atoms with Crippen molar-refractivity contribution >= 4 is 83.5 Å². The van der Waals surface area contributed by atoms with Gasteiger partial charge in [0.25, 0.3) is 0 Å². The number of benzene rings is 10. The quantitative estimate of drug-likeness (QED) is 0.0275. The third-order valence-corrected chi connectivity index (χ3v) is 17.1. The molecule has 12 nitrogen and oxygen atoms in total. The Hall–Kier alpha value is -8.94. The van der Waals surface area contributed by atoms with E-state index in [0.717, 1.165) is 227 Å². The maximum Gasteiger partial charge on any atom is 0.184 e. The Morgan fingerprint density at radius 2 is 0.422 bits per heavy atom. The van der Waals surface area contributed by atoms with Gasteiger partial charge in [-0.2, -0.15) is 0 Å². The highest BCUT2D eigenvalue weighted by Crippen LogP contribution is 2.46. The molecule has 0 amide bonds. The van der Waals surface area contributed by atoms with Crippen LogP contribution in [0.25, 0.3) is 32.3 Å². The first kappa shape index (κ1) is 64.1. The molecule has 0 heterocycles. The van der Waals surface area contributed by atoms with Gasteiger partial charge in [-0.1, -0.05) is 78.6 Å². The highest BCUT2D eigenvalue weighted by molar-refractivity contribution is 6.27. The second kappa shape index (κ2) is 31.5. The molecule has 0 aliphatic carbocycles. The van der Waals surface area contributed by atoms with Crippen LogP contribution in [-0.4, -0.2) is 62.5 Å². The monoisotopic (exact) mass is 1210 g/mol. The van der Waals surface area contributed by atoms with Crippen molar-refractivity contribution in [3.8, 4) is 51.7 Å². The van der Waals surface area contributed by atoms with Gasteiger partial charge in [0, 0.05) is 91.0 Å². The predicted octanol–water partition coefficient (Wildman–Crippen LogP) is 17.6. The summed E-state index contributed by atoms with van der Waals surface area (Å²) in [6.45, 7) is 8.38. The van der Waals surface area contributed by atoms with Crippen LogP contribution in [0.5, 0.6) is 51.7 Å². The standard InChI is InChI=1S/C78H87N3O9/c1-10-13-16-19-46-88-76-52-70-67(49-73(76)79(55-22-34-61(82-4)35-23-55)56-24-36-62(83-5)37-25-56)71-53-77(89-47-20-17-14-11-2)75(81(59-30-42-65(86-8)43-31-59)60-32-44-66(87-9)45-33-60)51-69(71)72-54-78(90-48-21-18-15-12-3)74(50-68(70)72)80(57-26-38-63(84-6)39-27-57)58-28-40-64(85-7)41-29-58/h22-45,49-54H,10-21,46-48H2,1-9H3/p+3. The number of unbranched alkanes of at least 4 members (excludes halogenated alkanes) is 9. The van der Waals surface area contributed by atoms with Crippen LogP contribution in [0.2, 0.25) is 0 Å². The van der Waals surface area contributed by atoms with E-state index in [1.54, 1.807) is 42.7 Å². The van der Waals surface area contributed by atoms with Gasteiger partial charge in [-0.05, 0) is 143 Å². The molecule has 90 heavy (non-hydrogen) atoms. The summed E-state index contributed by atoms with van der Waals surface area (Å²) in [4.78, 5) is 3.04. The van der Waals surface area contributed by atoms with E-state index < -0.39 is 0 Å². The molecule has 12 heteroatoms. The first-order chi connectivity index (χ1) is 44.2. The van der Waals surface area contributed by atoms with Crippen LogP contribution in [0, 0.1) is 0 Å². The predicted molar refractivity (Wildman–Crippen MR) is 366 cm³/mol. The summed E-state index contributed by atoms with van der Waals surface area (Å²) in [6, 6.07) is 64.1. The maximum atomic E-state index is 7.26. The molecule has 0 aliphatic rings. The van der Waals surface area contributed by atoms with Gasteiger partial charge in [-0.3, -0.25) is 0 Å². The zero-order chi connectivity index (χ0) is 62.8. The Labute approximate surface area is 532 Å². The summed E-state index contributed by atoms with van der Waals surface area (Å²) in [5, 5.41) is 6.21. The molecule has 0 bridgehead atoms. The van der Waals surface area contributed by atoms with Crippen LogP contribution in [0.4, 0.5) is 51.2 Å². The number of quaternary nitrogens is 3. The highest BCUT2D eigenvalue weighted by Gasteiger charge is 2.32. The molecule has 0 spiro atoms. The van der Waals surface area contributed by atoms with Gasteiger partial charge in [0.2, 0.25) is 0 Å². The summed E-state index contributed by atoms with van der Waals surface area (Å²) in [7, 11) is 10.2. The summed E-state index contributed by atoms with van der Waals surface area (Å²) in [5.41, 5.74) is 8.95. The zero-order valence-corrected chi connectivity index (χ0v) is 54.1. The smallest absolute Gasteiger partial charge is 0.184 e. The van der Waals surface area contributed by atoms with Crippen molar-refractivity contribution in [2.75, 3.05) is 62.5 Å². The summed E-state index contributed by atoms with van der Waals surface area (Å²) < 4.78 is 56.3. The van der Waals surface area contributed by atoms with Crippen LogP contribution < -0.4 is 57.3 Å². The zero-order valence-electron chi connectivity index (χ0n) is 54.1. The minimum absolute atomic E-state index is 0.547. The summed E-state index contributed by atoms with van der Waals surface area (Å²) in [5.74, 6) is 6.99. The normalized spacial score (nSPS) is 11.5. The van der Waals surface area contributed by atoms with Crippen molar-refractivity contribution < 1.29 is 57.3 Å². The van der Waals surface area contributed by atoms with Crippen LogP contribution in [0.1, 0.15) is 97.8 Å². The molecular formula is C78H90N3O9+3. The molecule has 0 fully saturated rings. The van der Waals surface area contributed by atoms with E-state index in [9.17, 15) is 0 Å². The lowest BCUT2D eigenvalue weighted by molar-refractivity contribution is -0.681. The number of hydrogen-bond donors (Lipinski definition) is 3. The van der Waals surface area contributed by atoms with Crippen molar-refractivity contribution in [3.63, 3.8) is 0 Å². The summed E-state index contributed by atoms with van der Waals surface area (Å²) >= 11 is 0. The maximum absolute atomic E-state index is 7.26. The van der Waals surface area contributed by atoms with E-state index in [0.29, 0.717) is 19.8 Å². The van der Waals surface area contributed by atoms with Gasteiger partial charge >= 0.3 is 0 Å². The average molecular weight is 1210 g/mol. The fourth-order valence-corrected chi connectivity index (χ4v) is 12.1. The Bertz CT molecular complexity index is 3320. The SMILES string of the molecule is CCCCCCOc1cc2c(cc1[NH+](c1ccc(OC)cc1)c1ccc(OC)cc1)c1cc(OCCCCCC)c([NH+](c3ccc(OC)cc3)c3ccc(OC)cc3)cc1c1cc(OCCCCCC)c([NH+](c3ccc(OC)cc3)c3ccc(OC)cc3)cc21. The molecule has 0 aromatic heterocycles. The van der Waals surface area contributed by atoms with Crippen molar-refractivity contribution in [2.24, 2.45) is 0 Å². The topological polar surface area (TPSA) is 96.4 Å². The number of methoxy groups -OCH3 is 6. The molecule has 10 aromatic carbocycles. The van der Waals surface area contributed by atoms with E-state index in [1.165, 1.54) is 0 Å². The van der Waals surface area contributed by atoms with Crippen LogP contribution in [0.3, 0.4) is 0 Å². The van der Waals surface area contributed by atoms with E-state index in [1.807, 2.05) is 72.8 Å². The molecule has 0 unspecified atom stereocenters. The molecule has 0 saturated carbocycles. The van der Waals surface area contributed by atoms with Crippen molar-refractivity contribution in [2.45, 2.75) is 97.8 Å². The average Bonchev–Trinajstić information content (AvgIpc) is 0.732. The number of fused-ring (bicyclic) bond motifs is 6. The first-order valence-corrected chi connectivity index (χ1v) is 32.2. The van der Waals surface area contributed by atoms with Crippen molar-refractivity contribution in [1.29, 1.82) is 0 Å². The number of hydrogen-bond acceptors (Lipinski definition) is 9. The van der Waals surface area contributed by atoms with Crippen LogP contribution in [-0.2, 0) is 0 Å². The lowest BCUT2D eigenvalue weighted by Crippen LogP contribution is -2.96. The van der Waals surface area contributed by atoms with Crippen molar-refractivity contribution in [1.82, 2.24) is 0 Å². The third-order valence-electron chi connectivity index (χ3n) is 17.1. The third kappa shape index (κ3) is 14.9. The molecule has 10 rings (SSSR count). The molecule has 10 aromatic rings. The fourth-order valence-electron chi connectivity index (χ4n) is 12.1. The largest absolute Gasteiger partial charge is 0.497 e. The van der Waals surface area contributed by atoms with Crippen LogP contribution in [0.15, 0.2) is 182 Å². The van der Waals surface area contributed by atoms with Gasteiger partial charge in [0.05, 0.1) is 62.5 Å². The Kier molecular flexibility index (Phi) is 22.4. The Morgan fingerprint density at radius 3 is 0.600 bits per heavy atom. The Morgan fingerprint density at radius 1 is 0.233 bits per heavy atom. The number of rotatable bonds is 33. The first-order valence-electron chi connectivity index (χ1n) is 32.2. The summed E-state index contributed by atoms with van der Waals surface area (Å²) in [6.07, 6.45) is 12.7. The van der Waals surface area contributed by atoms with Gasteiger partial charge in [-0.15, -0.1) is 0 Å². The van der Waals surface area contributed by atoms with Gasteiger partial charge in [0.15, 0.2) is 34.3 Å². The van der Waals surface area contributed by atoms with E-state index in [-0.39, 0.29) is 0 Å². The minimum Gasteiger partial charge on any atom is -0.497 e. The molecule has 0 saturated heterocycles. The molecular weight excluding hydrogens is 1120 g/mol. The molecule has 0 aliphatic heterocycles. The fraction of sp³-hybridized carbons (Fsp3) is 0.308. The molecule has 3 N–H and O–H groups in total. The lowest BCUT2D eigenvalue weighted by atomic mass is 9.91. The van der Waals surface area contributed by atoms with Crippen molar-refractivity contribution in [3.05, 3.63) is 182 Å². The highest BCUT2D eigenvalue weighted by atomic mass is 16.5. The number of nitrogens with one attached hydrogen (secondary N) is 3. The van der Waals surface area contributed by atoms with Gasteiger partial charge in [0.1, 0.15) is 68.6 Å². The van der Waals surface area contributed by atoms with E-state index in [2.05, 4.69) is 130 Å². The molecule has 0 radical (unpaired) electrons. The second-order valence-corrected chi connectivity index (χ2v) is 22.9. The van der Waals surface area contributed by atoms with E-state index in [4.69, 9.17) is 42.6 Å². The molecule has 468 valence electrons. The van der Waals surface area contributed by atoms with Gasteiger partial charge < -0.3 is 42.6 Å². The number of ether oxygens (including phenoxy) is 9. The minimum atomic E-state index is 0.547. The Balaban J connectivity index is 1.37. The second-order valence-electron chi connectivity index (χ2n) is 22.9. The molecule has 0 atom stereocenters. The lowest BCUT2D eigenvalue weighted by Gasteiger charge is -2.25. The van der Waals surface area contributed by atoms with Crippen LogP contribution >= 0.6 is 0 Å². The van der Waals surface area contributed by atoms with E-state index >= 15 is 0 Å².